The van der Waals surface area contributed by atoms with Gasteiger partial charge >= 0.3 is 0 Å². The summed E-state index contributed by atoms with van der Waals surface area (Å²) in [6, 6.07) is 8.17. The molecule has 15 heavy (non-hydrogen) atoms. The number of hydrogen-bond acceptors (Lipinski definition) is 3. The average Bonchev–Trinajstić information content (AvgIpc) is 2.73. The second-order valence-electron chi connectivity index (χ2n) is 3.56. The average molecular weight is 218 g/mol. The lowest BCUT2D eigenvalue weighted by Crippen LogP contribution is -1.89. The molecule has 1 N–H and O–H groups in total. The van der Waals surface area contributed by atoms with Gasteiger partial charge in [-0.2, -0.15) is 0 Å². The van der Waals surface area contributed by atoms with Crippen molar-refractivity contribution in [3.8, 4) is 0 Å². The quantitative estimate of drug-likeness (QED) is 0.681. The normalized spacial score (nSPS) is 13.7. The SMILES string of the molecule is CC(O)c1cn2c(n1)sc1ccccc12. The summed E-state index contributed by atoms with van der Waals surface area (Å²) in [7, 11) is 0. The highest BCUT2D eigenvalue weighted by Gasteiger charge is 2.10. The number of benzene rings is 1. The van der Waals surface area contributed by atoms with Crippen LogP contribution in [0.1, 0.15) is 18.7 Å². The Morgan fingerprint density at radius 2 is 2.20 bits per heavy atom. The zero-order valence-electron chi connectivity index (χ0n) is 8.21. The Kier molecular flexibility index (Phi) is 1.81. The van der Waals surface area contributed by atoms with Crippen LogP contribution in [0.5, 0.6) is 0 Å². The molecule has 0 fully saturated rings. The van der Waals surface area contributed by atoms with Crippen molar-refractivity contribution in [2.24, 2.45) is 0 Å². The van der Waals surface area contributed by atoms with Gasteiger partial charge in [-0.1, -0.05) is 23.5 Å². The lowest BCUT2D eigenvalue weighted by molar-refractivity contribution is 0.195. The van der Waals surface area contributed by atoms with Gasteiger partial charge in [-0.3, -0.25) is 4.40 Å². The van der Waals surface area contributed by atoms with Crippen LogP contribution in [0.4, 0.5) is 0 Å². The Morgan fingerprint density at radius 1 is 1.40 bits per heavy atom. The number of aromatic nitrogens is 2. The number of aliphatic hydroxyl groups excluding tert-OH is 1. The molecule has 0 saturated carbocycles. The molecule has 0 radical (unpaired) electrons. The fourth-order valence-corrected chi connectivity index (χ4v) is 2.68. The summed E-state index contributed by atoms with van der Waals surface area (Å²) < 4.78 is 3.25. The van der Waals surface area contributed by atoms with E-state index in [2.05, 4.69) is 17.1 Å². The molecule has 1 atom stereocenters. The molecule has 0 spiro atoms. The lowest BCUT2D eigenvalue weighted by Gasteiger charge is -1.95. The zero-order valence-corrected chi connectivity index (χ0v) is 9.03. The van der Waals surface area contributed by atoms with E-state index in [0.29, 0.717) is 0 Å². The van der Waals surface area contributed by atoms with Gasteiger partial charge in [-0.05, 0) is 19.1 Å². The highest BCUT2D eigenvalue weighted by molar-refractivity contribution is 7.23. The maximum atomic E-state index is 9.44. The van der Waals surface area contributed by atoms with Crippen LogP contribution in [0.2, 0.25) is 0 Å². The first-order chi connectivity index (χ1) is 7.25. The van der Waals surface area contributed by atoms with Gasteiger partial charge in [0.05, 0.1) is 22.0 Å². The van der Waals surface area contributed by atoms with Crippen LogP contribution in [-0.4, -0.2) is 14.5 Å². The predicted molar refractivity (Wildman–Crippen MR) is 61.2 cm³/mol. The number of nitrogens with zero attached hydrogens (tertiary/aromatic N) is 2. The molecule has 3 nitrogen and oxygen atoms in total. The van der Waals surface area contributed by atoms with Crippen molar-refractivity contribution < 1.29 is 5.11 Å². The van der Waals surface area contributed by atoms with Crippen molar-refractivity contribution in [3.05, 3.63) is 36.2 Å². The number of hydrogen-bond donors (Lipinski definition) is 1. The molecular weight excluding hydrogens is 208 g/mol. The largest absolute Gasteiger partial charge is 0.387 e. The van der Waals surface area contributed by atoms with Gasteiger partial charge in [0.2, 0.25) is 0 Å². The van der Waals surface area contributed by atoms with Crippen LogP contribution in [0.25, 0.3) is 15.2 Å². The minimum atomic E-state index is -0.504. The molecular formula is C11H10N2OS. The molecule has 0 aliphatic heterocycles. The molecule has 0 amide bonds. The highest BCUT2D eigenvalue weighted by atomic mass is 32.1. The number of rotatable bonds is 1. The fourth-order valence-electron chi connectivity index (χ4n) is 1.67. The summed E-state index contributed by atoms with van der Waals surface area (Å²) in [5.74, 6) is 0. The molecule has 0 bridgehead atoms. The molecule has 0 aliphatic rings. The second kappa shape index (κ2) is 3.05. The van der Waals surface area contributed by atoms with E-state index in [9.17, 15) is 5.11 Å². The summed E-state index contributed by atoms with van der Waals surface area (Å²) in [4.78, 5) is 5.32. The number of thiazole rings is 1. The van der Waals surface area contributed by atoms with Gasteiger partial charge in [0.1, 0.15) is 0 Å². The van der Waals surface area contributed by atoms with Gasteiger partial charge < -0.3 is 5.11 Å². The molecule has 0 saturated heterocycles. The Balaban J connectivity index is 2.37. The zero-order chi connectivity index (χ0) is 10.4. The van der Waals surface area contributed by atoms with Gasteiger partial charge in [-0.15, -0.1) is 0 Å². The smallest absolute Gasteiger partial charge is 0.195 e. The number of para-hydroxylation sites is 1. The Hall–Kier alpha value is -1.39. The monoisotopic (exact) mass is 218 g/mol. The van der Waals surface area contributed by atoms with Crippen LogP contribution in [-0.2, 0) is 0 Å². The summed E-state index contributed by atoms with van der Waals surface area (Å²) in [5.41, 5.74) is 1.88. The summed E-state index contributed by atoms with van der Waals surface area (Å²) in [6.45, 7) is 1.73. The van der Waals surface area contributed by atoms with Crippen molar-refractivity contribution in [3.63, 3.8) is 0 Å². The minimum absolute atomic E-state index is 0.504. The highest BCUT2D eigenvalue weighted by Crippen LogP contribution is 2.27. The van der Waals surface area contributed by atoms with E-state index in [4.69, 9.17) is 0 Å². The summed E-state index contributed by atoms with van der Waals surface area (Å²) >= 11 is 1.64. The molecule has 4 heteroatoms. The number of imidazole rings is 1. The molecule has 0 aliphatic carbocycles. The van der Waals surface area contributed by atoms with Crippen LogP contribution in [0.15, 0.2) is 30.5 Å². The van der Waals surface area contributed by atoms with Gasteiger partial charge in [-0.25, -0.2) is 4.98 Å². The first kappa shape index (κ1) is 8.88. The molecule has 3 aromatic rings. The third-order valence-corrected chi connectivity index (χ3v) is 3.48. The van der Waals surface area contributed by atoms with Gasteiger partial charge in [0.15, 0.2) is 4.96 Å². The van der Waals surface area contributed by atoms with Crippen molar-refractivity contribution in [1.29, 1.82) is 0 Å². The van der Waals surface area contributed by atoms with E-state index in [0.717, 1.165) is 16.2 Å². The third kappa shape index (κ3) is 1.26. The molecule has 76 valence electrons. The van der Waals surface area contributed by atoms with Crippen molar-refractivity contribution in [2.75, 3.05) is 0 Å². The van der Waals surface area contributed by atoms with E-state index in [1.165, 1.54) is 4.70 Å². The first-order valence-corrected chi connectivity index (χ1v) is 5.62. The Labute approximate surface area is 90.6 Å². The van der Waals surface area contributed by atoms with E-state index >= 15 is 0 Å². The topological polar surface area (TPSA) is 37.5 Å². The molecule has 1 unspecified atom stereocenters. The maximum Gasteiger partial charge on any atom is 0.195 e. The van der Waals surface area contributed by atoms with Crippen LogP contribution >= 0.6 is 11.3 Å². The molecule has 1 aromatic carbocycles. The number of fused-ring (bicyclic) bond motifs is 3. The summed E-state index contributed by atoms with van der Waals surface area (Å²) in [6.07, 6.45) is 1.40. The van der Waals surface area contributed by atoms with E-state index in [1.807, 2.05) is 22.7 Å². The third-order valence-electron chi connectivity index (χ3n) is 2.45. The van der Waals surface area contributed by atoms with Crippen molar-refractivity contribution in [2.45, 2.75) is 13.0 Å². The fraction of sp³-hybridized carbons (Fsp3) is 0.182. The van der Waals surface area contributed by atoms with Crippen LogP contribution in [0.3, 0.4) is 0 Å². The Morgan fingerprint density at radius 3 is 3.00 bits per heavy atom. The van der Waals surface area contributed by atoms with Crippen LogP contribution in [0, 0.1) is 0 Å². The van der Waals surface area contributed by atoms with Gasteiger partial charge in [0, 0.05) is 6.20 Å². The summed E-state index contributed by atoms with van der Waals surface area (Å²) in [5, 5.41) is 9.44. The van der Waals surface area contributed by atoms with Crippen molar-refractivity contribution >= 4 is 26.5 Å². The standard InChI is InChI=1S/C11H10N2OS/c1-7(14)8-6-13-9-4-2-3-5-10(9)15-11(13)12-8/h2-7,14H,1H3. The van der Waals surface area contributed by atoms with E-state index < -0.39 is 6.10 Å². The minimum Gasteiger partial charge on any atom is -0.387 e. The van der Waals surface area contributed by atoms with Crippen LogP contribution < -0.4 is 0 Å². The predicted octanol–water partition coefficient (Wildman–Crippen LogP) is 2.60. The molecule has 3 rings (SSSR count). The van der Waals surface area contributed by atoms with Crippen molar-refractivity contribution in [1.82, 2.24) is 9.38 Å². The lowest BCUT2D eigenvalue weighted by atomic mass is 10.3. The van der Waals surface area contributed by atoms with Gasteiger partial charge in [0.25, 0.3) is 0 Å². The molecule has 2 heterocycles. The van der Waals surface area contributed by atoms with E-state index in [1.54, 1.807) is 18.3 Å². The second-order valence-corrected chi connectivity index (χ2v) is 4.57. The first-order valence-electron chi connectivity index (χ1n) is 4.80. The van der Waals surface area contributed by atoms with E-state index in [-0.39, 0.29) is 0 Å². The number of aliphatic hydroxyl groups is 1. The maximum absolute atomic E-state index is 9.44. The molecule has 2 aromatic heterocycles. The Bertz CT molecular complexity index is 624.